The van der Waals surface area contributed by atoms with Crippen molar-refractivity contribution in [2.45, 2.75) is 30.8 Å². The molecule has 0 spiro atoms. The predicted octanol–water partition coefficient (Wildman–Crippen LogP) is 3.44. The molecule has 0 saturated carbocycles. The lowest BCUT2D eigenvalue weighted by Gasteiger charge is -2.25. The molecule has 5 rings (SSSR count). The van der Waals surface area contributed by atoms with Gasteiger partial charge >= 0.3 is 11.6 Å². The Morgan fingerprint density at radius 2 is 1.88 bits per heavy atom. The van der Waals surface area contributed by atoms with E-state index in [-0.39, 0.29) is 16.4 Å². The van der Waals surface area contributed by atoms with E-state index in [4.69, 9.17) is 9.15 Å². The van der Waals surface area contributed by atoms with Gasteiger partial charge in [0.1, 0.15) is 22.0 Å². The average molecular weight is 492 g/mol. The normalized spacial score (nSPS) is 16.9. The van der Waals surface area contributed by atoms with Crippen molar-refractivity contribution in [3.05, 3.63) is 61.6 Å². The molecular weight excluding hydrogens is 470 g/mol. The minimum Gasteiger partial charge on any atom is -0.457 e. The Morgan fingerprint density at radius 1 is 1.12 bits per heavy atom. The molecule has 0 bridgehead atoms. The molecule has 2 aromatic heterocycles. The maximum atomic E-state index is 13.0. The maximum Gasteiger partial charge on any atom is 0.350 e. The van der Waals surface area contributed by atoms with Crippen LogP contribution in [0.4, 0.5) is 0 Å². The highest BCUT2D eigenvalue weighted by Gasteiger charge is 2.31. The first-order chi connectivity index (χ1) is 15.4. The third-order valence-electron chi connectivity index (χ3n) is 5.80. The van der Waals surface area contributed by atoms with Crippen molar-refractivity contribution < 1.29 is 22.4 Å². The third-order valence-corrected chi connectivity index (χ3v) is 9.71. The molecule has 1 fully saturated rings. The lowest BCUT2D eigenvalue weighted by molar-refractivity contribution is 0.0475. The van der Waals surface area contributed by atoms with Crippen molar-refractivity contribution in [3.8, 4) is 0 Å². The van der Waals surface area contributed by atoms with Crippen LogP contribution in [0.15, 0.2) is 43.8 Å². The first kappa shape index (κ1) is 21.7. The Labute approximate surface area is 193 Å². The number of carbonyl (C=O) groups excluding carboxylic acids is 1. The van der Waals surface area contributed by atoms with Crippen molar-refractivity contribution in [1.82, 2.24) is 4.31 Å². The van der Waals surface area contributed by atoms with Crippen LogP contribution in [0.2, 0.25) is 0 Å². The largest absolute Gasteiger partial charge is 0.457 e. The van der Waals surface area contributed by atoms with Gasteiger partial charge in [0.25, 0.3) is 0 Å². The van der Waals surface area contributed by atoms with Gasteiger partial charge in [0, 0.05) is 41.6 Å². The number of thioether (sulfide) groups is 1. The molecule has 32 heavy (non-hydrogen) atoms. The van der Waals surface area contributed by atoms with E-state index in [0.717, 1.165) is 47.5 Å². The van der Waals surface area contributed by atoms with Crippen molar-refractivity contribution >= 4 is 50.1 Å². The molecule has 10 heteroatoms. The Morgan fingerprint density at radius 3 is 2.66 bits per heavy atom. The van der Waals surface area contributed by atoms with Gasteiger partial charge in [-0.15, -0.1) is 11.3 Å². The van der Waals surface area contributed by atoms with Crippen LogP contribution in [-0.4, -0.2) is 43.3 Å². The lowest BCUT2D eigenvalue weighted by atomic mass is 10.0. The molecule has 168 valence electrons. The highest BCUT2D eigenvalue weighted by atomic mass is 32.2. The summed E-state index contributed by atoms with van der Waals surface area (Å²) >= 11 is 2.75. The summed E-state index contributed by atoms with van der Waals surface area (Å²) in [6.45, 7) is 0.707. The number of aryl methyl sites for hydroxylation is 2. The topological polar surface area (TPSA) is 93.9 Å². The highest BCUT2D eigenvalue weighted by Crippen LogP contribution is 2.30. The number of fused-ring (bicyclic) bond motifs is 2. The van der Waals surface area contributed by atoms with Crippen molar-refractivity contribution in [2.24, 2.45) is 0 Å². The third kappa shape index (κ3) is 4.00. The number of hydrogen-bond acceptors (Lipinski definition) is 8. The molecule has 1 aliphatic heterocycles. The monoisotopic (exact) mass is 491 g/mol. The fourth-order valence-electron chi connectivity index (χ4n) is 4.20. The van der Waals surface area contributed by atoms with Gasteiger partial charge in [0.2, 0.25) is 10.0 Å². The molecule has 0 unspecified atom stereocenters. The van der Waals surface area contributed by atoms with E-state index in [1.807, 2.05) is 12.1 Å². The molecule has 3 aromatic rings. The second kappa shape index (κ2) is 8.66. The van der Waals surface area contributed by atoms with Gasteiger partial charge in [0.15, 0.2) is 0 Å². The SMILES string of the molecule is O=C(OCc1cc(=O)oc2cc3c(cc12)CCC3)c1sccc1S(=O)(=O)N1CCSCC1. The zero-order valence-corrected chi connectivity index (χ0v) is 19.6. The number of esters is 1. The fourth-order valence-corrected chi connectivity index (χ4v) is 8.06. The number of thiophene rings is 1. The molecule has 1 saturated heterocycles. The summed E-state index contributed by atoms with van der Waals surface area (Å²) in [6.07, 6.45) is 2.99. The Balaban J connectivity index is 1.40. The van der Waals surface area contributed by atoms with Gasteiger partial charge < -0.3 is 9.15 Å². The quantitative estimate of drug-likeness (QED) is 0.399. The van der Waals surface area contributed by atoms with Crippen LogP contribution in [-0.2, 0) is 34.2 Å². The second-order valence-corrected chi connectivity index (χ2v) is 11.8. The summed E-state index contributed by atoms with van der Waals surface area (Å²) in [7, 11) is -3.76. The summed E-state index contributed by atoms with van der Waals surface area (Å²) < 4.78 is 38.3. The number of ether oxygens (including phenoxy) is 1. The second-order valence-electron chi connectivity index (χ2n) is 7.77. The molecule has 0 radical (unpaired) electrons. The zero-order valence-electron chi connectivity index (χ0n) is 17.2. The molecule has 2 aliphatic rings. The number of rotatable bonds is 5. The van der Waals surface area contributed by atoms with Crippen LogP contribution in [0.3, 0.4) is 0 Å². The number of hydrogen-bond donors (Lipinski definition) is 0. The number of benzene rings is 1. The van der Waals surface area contributed by atoms with E-state index in [9.17, 15) is 18.0 Å². The average Bonchev–Trinajstić information content (AvgIpc) is 3.46. The lowest BCUT2D eigenvalue weighted by Crippen LogP contribution is -2.38. The molecule has 0 atom stereocenters. The number of nitrogens with zero attached hydrogens (tertiary/aromatic N) is 1. The molecule has 1 aromatic carbocycles. The summed E-state index contributed by atoms with van der Waals surface area (Å²) in [5.74, 6) is 0.750. The Hall–Kier alpha value is -2.14. The van der Waals surface area contributed by atoms with E-state index in [2.05, 4.69) is 0 Å². The van der Waals surface area contributed by atoms with E-state index in [1.165, 1.54) is 27.6 Å². The Bertz CT molecular complexity index is 1350. The number of carbonyl (C=O) groups is 1. The predicted molar refractivity (Wildman–Crippen MR) is 124 cm³/mol. The van der Waals surface area contributed by atoms with Crippen LogP contribution in [0.5, 0.6) is 0 Å². The van der Waals surface area contributed by atoms with Gasteiger partial charge in [0.05, 0.1) is 0 Å². The van der Waals surface area contributed by atoms with Gasteiger partial charge in [-0.2, -0.15) is 16.1 Å². The minimum absolute atomic E-state index is 0.0188. The standard InChI is InChI=1S/C22H21NO6S3/c24-20-12-16(17-10-14-2-1-3-15(14)11-18(17)29-20)13-28-22(25)21-19(4-7-31-21)32(26,27)23-5-8-30-9-6-23/h4,7,10-12H,1-3,5-6,8-9,13H2. The summed E-state index contributed by atoms with van der Waals surface area (Å²) in [5.41, 5.74) is 2.91. The number of sulfonamides is 1. The van der Waals surface area contributed by atoms with E-state index in [1.54, 1.807) is 17.1 Å². The molecule has 0 N–H and O–H groups in total. The van der Waals surface area contributed by atoms with Crippen molar-refractivity contribution in [2.75, 3.05) is 24.6 Å². The summed E-state index contributed by atoms with van der Waals surface area (Å²) in [6, 6.07) is 6.67. The van der Waals surface area contributed by atoms with Gasteiger partial charge in [-0.1, -0.05) is 0 Å². The van der Waals surface area contributed by atoms with Crippen molar-refractivity contribution in [1.29, 1.82) is 0 Å². The molecule has 3 heterocycles. The highest BCUT2D eigenvalue weighted by molar-refractivity contribution is 7.99. The minimum atomic E-state index is -3.76. The summed E-state index contributed by atoms with van der Waals surface area (Å²) in [4.78, 5) is 24.9. The fraction of sp³-hybridized carbons (Fsp3) is 0.364. The van der Waals surface area contributed by atoms with Crippen LogP contribution in [0.25, 0.3) is 11.0 Å². The summed E-state index contributed by atoms with van der Waals surface area (Å²) in [5, 5.41) is 2.32. The van der Waals surface area contributed by atoms with Crippen LogP contribution in [0, 0.1) is 0 Å². The van der Waals surface area contributed by atoms with E-state index < -0.39 is 21.6 Å². The first-order valence-electron chi connectivity index (χ1n) is 10.3. The van der Waals surface area contributed by atoms with Gasteiger partial charge in [-0.05, 0) is 54.0 Å². The Kier molecular flexibility index (Phi) is 5.87. The molecule has 1 aliphatic carbocycles. The maximum absolute atomic E-state index is 13.0. The molecule has 0 amide bonds. The van der Waals surface area contributed by atoms with Gasteiger partial charge in [-0.3, -0.25) is 0 Å². The van der Waals surface area contributed by atoms with Gasteiger partial charge in [-0.25, -0.2) is 18.0 Å². The molecular formula is C22H21NO6S3. The van der Waals surface area contributed by atoms with Crippen LogP contribution in [0.1, 0.15) is 32.8 Å². The first-order valence-corrected chi connectivity index (χ1v) is 13.8. The van der Waals surface area contributed by atoms with E-state index >= 15 is 0 Å². The van der Waals surface area contributed by atoms with Crippen molar-refractivity contribution in [3.63, 3.8) is 0 Å². The van der Waals surface area contributed by atoms with Crippen LogP contribution >= 0.6 is 23.1 Å². The molecule has 7 nitrogen and oxygen atoms in total. The van der Waals surface area contributed by atoms with Crippen LogP contribution < -0.4 is 5.63 Å². The smallest absolute Gasteiger partial charge is 0.350 e. The zero-order chi connectivity index (χ0) is 22.3. The van der Waals surface area contributed by atoms with E-state index in [0.29, 0.717) is 24.2 Å².